The molecule has 0 aromatic heterocycles. The van der Waals surface area contributed by atoms with E-state index in [1.54, 1.807) is 0 Å². The fraction of sp³-hybridized carbons (Fsp3) is 0.619. The van der Waals surface area contributed by atoms with Crippen LogP contribution in [-0.2, 0) is 6.42 Å². The molecule has 0 heterocycles. The van der Waals surface area contributed by atoms with Crippen LogP contribution in [0.25, 0.3) is 0 Å². The van der Waals surface area contributed by atoms with Crippen molar-refractivity contribution in [1.82, 2.24) is 0 Å². The van der Waals surface area contributed by atoms with E-state index >= 15 is 0 Å². The first kappa shape index (κ1) is 19.2. The number of benzene rings is 1. The Kier molecular flexibility index (Phi) is 7.62. The van der Waals surface area contributed by atoms with Crippen LogP contribution in [0.2, 0.25) is 22.7 Å². The molecule has 1 heteroatoms. The van der Waals surface area contributed by atoms with Crippen molar-refractivity contribution >= 4 is 8.07 Å². The Labute approximate surface area is 140 Å². The molecule has 1 unspecified atom stereocenters. The van der Waals surface area contributed by atoms with Gasteiger partial charge in [-0.1, -0.05) is 114 Å². The van der Waals surface area contributed by atoms with Gasteiger partial charge in [0.1, 0.15) is 0 Å². The van der Waals surface area contributed by atoms with Gasteiger partial charge in [0.2, 0.25) is 0 Å². The largest absolute Gasteiger partial charge is 0.0856 e. The van der Waals surface area contributed by atoms with E-state index in [9.17, 15) is 0 Å². The van der Waals surface area contributed by atoms with Gasteiger partial charge >= 0.3 is 0 Å². The van der Waals surface area contributed by atoms with Crippen LogP contribution in [0, 0.1) is 5.92 Å². The molecule has 0 aliphatic rings. The number of allylic oxidation sites excluding steroid dienone is 2. The minimum absolute atomic E-state index is 0.697. The minimum atomic E-state index is -1.27. The van der Waals surface area contributed by atoms with Crippen molar-refractivity contribution in [2.75, 3.05) is 0 Å². The highest BCUT2D eigenvalue weighted by molar-refractivity contribution is 6.83. The lowest BCUT2D eigenvalue weighted by atomic mass is 10.1. The maximum absolute atomic E-state index is 2.46. The lowest BCUT2D eigenvalue weighted by molar-refractivity contribution is 0.720. The summed E-state index contributed by atoms with van der Waals surface area (Å²) in [5.41, 5.74) is 3.98. The smallest absolute Gasteiger partial charge is 0.0618 e. The van der Waals surface area contributed by atoms with Crippen molar-refractivity contribution in [3.05, 3.63) is 48.0 Å². The van der Waals surface area contributed by atoms with E-state index in [-0.39, 0.29) is 0 Å². The van der Waals surface area contributed by atoms with Crippen molar-refractivity contribution < 1.29 is 0 Å². The maximum Gasteiger partial charge on any atom is 0.0618 e. The molecule has 124 valence electrons. The highest BCUT2D eigenvalue weighted by Gasteiger charge is 2.42. The summed E-state index contributed by atoms with van der Waals surface area (Å²) >= 11 is 0. The number of rotatable bonds is 8. The van der Waals surface area contributed by atoms with Crippen LogP contribution in [-0.4, -0.2) is 8.07 Å². The van der Waals surface area contributed by atoms with Crippen molar-refractivity contribution in [3.8, 4) is 0 Å². The summed E-state index contributed by atoms with van der Waals surface area (Å²) in [6, 6.07) is 12.2. The van der Waals surface area contributed by atoms with Gasteiger partial charge in [-0.15, -0.1) is 0 Å². The van der Waals surface area contributed by atoms with Crippen LogP contribution in [0.15, 0.2) is 42.5 Å². The maximum atomic E-state index is 2.46. The molecule has 1 aromatic carbocycles. The monoisotopic (exact) mass is 316 g/mol. The molecule has 0 saturated heterocycles. The Bertz CT molecular complexity index is 420. The van der Waals surface area contributed by atoms with Crippen molar-refractivity contribution in [2.45, 2.75) is 77.6 Å². The standard InChI is InChI=1S/C21H36Si/c1-17(2)22(18(3)4,19(5)6)16-20(7)12-11-15-21-13-9-8-10-14-21/h8-14,17-20H,15-16H2,1-7H3/b12-11+. The molecule has 0 saturated carbocycles. The van der Waals surface area contributed by atoms with E-state index in [0.29, 0.717) is 5.92 Å². The Balaban J connectivity index is 2.73. The van der Waals surface area contributed by atoms with E-state index in [1.165, 1.54) is 11.6 Å². The fourth-order valence-corrected chi connectivity index (χ4v) is 11.0. The average Bonchev–Trinajstić information content (AvgIpc) is 2.44. The molecule has 0 radical (unpaired) electrons. The van der Waals surface area contributed by atoms with Gasteiger partial charge in [-0.2, -0.15) is 0 Å². The van der Waals surface area contributed by atoms with Crippen LogP contribution >= 0.6 is 0 Å². The third-order valence-electron chi connectivity index (χ3n) is 5.56. The van der Waals surface area contributed by atoms with Gasteiger partial charge in [0, 0.05) is 0 Å². The zero-order valence-electron chi connectivity index (χ0n) is 15.8. The van der Waals surface area contributed by atoms with Gasteiger partial charge in [-0.3, -0.25) is 0 Å². The van der Waals surface area contributed by atoms with Gasteiger partial charge in [-0.25, -0.2) is 0 Å². The first-order valence-electron chi connectivity index (χ1n) is 9.01. The summed E-state index contributed by atoms with van der Waals surface area (Å²) in [5.74, 6) is 0.697. The summed E-state index contributed by atoms with van der Waals surface area (Å²) in [5, 5.41) is 0. The lowest BCUT2D eigenvalue weighted by Gasteiger charge is -2.44. The SMILES string of the molecule is CC(/C=C/Cc1ccccc1)C[Si](C(C)C)(C(C)C)C(C)C. The third-order valence-corrected chi connectivity index (χ3v) is 13.4. The second-order valence-electron chi connectivity index (χ2n) is 7.88. The molecule has 0 aliphatic heterocycles. The predicted octanol–water partition coefficient (Wildman–Crippen LogP) is 7.10. The molecule has 0 fully saturated rings. The fourth-order valence-electron chi connectivity index (χ4n) is 4.38. The normalized spacial score (nSPS) is 14.5. The molecule has 0 spiro atoms. The van der Waals surface area contributed by atoms with Gasteiger partial charge < -0.3 is 0 Å². The zero-order valence-corrected chi connectivity index (χ0v) is 16.8. The summed E-state index contributed by atoms with van der Waals surface area (Å²) in [6.07, 6.45) is 5.90. The Hall–Kier alpha value is -0.823. The van der Waals surface area contributed by atoms with Gasteiger partial charge in [-0.05, 0) is 17.9 Å². The van der Waals surface area contributed by atoms with Crippen LogP contribution in [0.3, 0.4) is 0 Å². The Morgan fingerprint density at radius 2 is 1.32 bits per heavy atom. The average molecular weight is 317 g/mol. The predicted molar refractivity (Wildman–Crippen MR) is 104 cm³/mol. The second-order valence-corrected chi connectivity index (χ2v) is 14.0. The van der Waals surface area contributed by atoms with E-state index < -0.39 is 8.07 Å². The van der Waals surface area contributed by atoms with E-state index in [0.717, 1.165) is 23.0 Å². The zero-order chi connectivity index (χ0) is 16.8. The van der Waals surface area contributed by atoms with E-state index in [1.807, 2.05) is 0 Å². The van der Waals surface area contributed by atoms with E-state index in [2.05, 4.69) is 91.0 Å². The van der Waals surface area contributed by atoms with Crippen molar-refractivity contribution in [1.29, 1.82) is 0 Å². The van der Waals surface area contributed by atoms with Crippen LogP contribution < -0.4 is 0 Å². The summed E-state index contributed by atoms with van der Waals surface area (Å²) in [7, 11) is -1.27. The molecule has 1 aromatic rings. The molecule has 0 amide bonds. The second kappa shape index (κ2) is 8.72. The molecule has 0 N–H and O–H groups in total. The Morgan fingerprint density at radius 1 is 0.818 bits per heavy atom. The summed E-state index contributed by atoms with van der Waals surface area (Å²) in [4.78, 5) is 0. The molecule has 1 atom stereocenters. The highest BCUT2D eigenvalue weighted by atomic mass is 28.3. The Morgan fingerprint density at radius 3 is 1.77 bits per heavy atom. The van der Waals surface area contributed by atoms with Crippen molar-refractivity contribution in [3.63, 3.8) is 0 Å². The summed E-state index contributed by atoms with van der Waals surface area (Å²) < 4.78 is 0. The first-order chi connectivity index (χ1) is 10.3. The van der Waals surface area contributed by atoms with E-state index in [4.69, 9.17) is 0 Å². The highest BCUT2D eigenvalue weighted by Crippen LogP contribution is 2.46. The molecule has 1 rings (SSSR count). The molecular weight excluding hydrogens is 280 g/mol. The van der Waals surface area contributed by atoms with Crippen LogP contribution in [0.1, 0.15) is 54.0 Å². The quantitative estimate of drug-likeness (QED) is 0.354. The summed E-state index contributed by atoms with van der Waals surface area (Å²) in [6.45, 7) is 17.2. The number of hydrogen-bond acceptors (Lipinski definition) is 0. The van der Waals surface area contributed by atoms with Crippen LogP contribution in [0.4, 0.5) is 0 Å². The lowest BCUT2D eigenvalue weighted by Crippen LogP contribution is -2.45. The molecular formula is C21H36Si. The number of hydrogen-bond donors (Lipinski definition) is 0. The van der Waals surface area contributed by atoms with Gasteiger partial charge in [0.25, 0.3) is 0 Å². The molecule has 0 aliphatic carbocycles. The first-order valence-corrected chi connectivity index (χ1v) is 11.4. The topological polar surface area (TPSA) is 0 Å². The minimum Gasteiger partial charge on any atom is -0.0856 e. The molecule has 0 nitrogen and oxygen atoms in total. The van der Waals surface area contributed by atoms with Crippen molar-refractivity contribution in [2.24, 2.45) is 5.92 Å². The van der Waals surface area contributed by atoms with Gasteiger partial charge in [0.15, 0.2) is 0 Å². The third kappa shape index (κ3) is 4.84. The van der Waals surface area contributed by atoms with Gasteiger partial charge in [0.05, 0.1) is 8.07 Å². The molecule has 0 bridgehead atoms. The molecule has 22 heavy (non-hydrogen) atoms. The van der Waals surface area contributed by atoms with Crippen LogP contribution in [0.5, 0.6) is 0 Å².